The van der Waals surface area contributed by atoms with Crippen molar-refractivity contribution in [3.05, 3.63) is 114 Å². The summed E-state index contributed by atoms with van der Waals surface area (Å²) in [7, 11) is 0. The lowest BCUT2D eigenvalue weighted by Crippen LogP contribution is -1.98. The van der Waals surface area contributed by atoms with E-state index in [0.29, 0.717) is 0 Å². The Bertz CT molecular complexity index is 983. The Labute approximate surface area is 167 Å². The minimum atomic E-state index is 0.830. The van der Waals surface area contributed by atoms with Crippen LogP contribution in [0.1, 0.15) is 29.2 Å². The number of anilines is 1. The molecule has 0 amide bonds. The van der Waals surface area contributed by atoms with Gasteiger partial charge in [-0.1, -0.05) is 79.4 Å². The minimum Gasteiger partial charge on any atom is -0.465 e. The van der Waals surface area contributed by atoms with Crippen molar-refractivity contribution >= 4 is 23.5 Å². The van der Waals surface area contributed by atoms with Crippen molar-refractivity contribution in [3.63, 3.8) is 0 Å². The van der Waals surface area contributed by atoms with Gasteiger partial charge in [-0.15, -0.1) is 0 Å². The summed E-state index contributed by atoms with van der Waals surface area (Å²) in [4.78, 5) is 0. The molecule has 0 aromatic heterocycles. The summed E-state index contributed by atoms with van der Waals surface area (Å²) in [5, 5.41) is 3.48. The normalized spacial score (nSPS) is 11.4. The summed E-state index contributed by atoms with van der Waals surface area (Å²) in [5.74, 6) is 0.830. The molecule has 0 aliphatic rings. The maximum absolute atomic E-state index is 5.45. The third kappa shape index (κ3) is 5.01. The number of nitrogens with one attached hydrogen (secondary N) is 1. The van der Waals surface area contributed by atoms with Crippen LogP contribution in [0, 0.1) is 6.92 Å². The molecule has 2 nitrogen and oxygen atoms in total. The third-order valence-corrected chi connectivity index (χ3v) is 4.45. The quantitative estimate of drug-likeness (QED) is 0.353. The second-order valence-corrected chi connectivity index (χ2v) is 6.46. The Morgan fingerprint density at radius 3 is 2.25 bits per heavy atom. The van der Waals surface area contributed by atoms with Crippen LogP contribution in [0.2, 0.25) is 0 Å². The van der Waals surface area contributed by atoms with Gasteiger partial charge in [0.2, 0.25) is 0 Å². The van der Waals surface area contributed by atoms with Crippen LogP contribution < -0.4 is 10.1 Å². The Morgan fingerprint density at radius 2 is 1.57 bits per heavy atom. The molecule has 0 aliphatic carbocycles. The fraction of sp³-hybridized carbons (Fsp3) is 0.0769. The lowest BCUT2D eigenvalue weighted by molar-refractivity contribution is 0.479. The van der Waals surface area contributed by atoms with Crippen molar-refractivity contribution in [2.24, 2.45) is 0 Å². The first-order chi connectivity index (χ1) is 13.7. The Balaban J connectivity index is 1.70. The van der Waals surface area contributed by atoms with Crippen LogP contribution in [-0.2, 0) is 0 Å². The summed E-state index contributed by atoms with van der Waals surface area (Å²) in [5.41, 5.74) is 6.64. The monoisotopic (exact) mass is 367 g/mol. The van der Waals surface area contributed by atoms with Crippen LogP contribution in [0.25, 0.3) is 17.8 Å². The Hall–Kier alpha value is -3.52. The van der Waals surface area contributed by atoms with Gasteiger partial charge in [0, 0.05) is 11.4 Å². The van der Waals surface area contributed by atoms with E-state index in [1.165, 1.54) is 11.8 Å². The van der Waals surface area contributed by atoms with Gasteiger partial charge < -0.3 is 10.1 Å². The second-order valence-electron chi connectivity index (χ2n) is 6.46. The van der Waals surface area contributed by atoms with E-state index < -0.39 is 0 Å². The number of hydrogen-bond donors (Lipinski definition) is 1. The molecule has 0 spiro atoms. The van der Waals surface area contributed by atoms with Gasteiger partial charge in [0.25, 0.3) is 0 Å². The molecule has 3 aromatic carbocycles. The van der Waals surface area contributed by atoms with Gasteiger partial charge in [-0.3, -0.25) is 0 Å². The number of rotatable bonds is 7. The molecule has 0 unspecified atom stereocenters. The van der Waals surface area contributed by atoms with Gasteiger partial charge in [-0.05, 0) is 54.3 Å². The molecule has 3 aromatic rings. The van der Waals surface area contributed by atoms with Gasteiger partial charge in [-0.25, -0.2) is 0 Å². The molecular formula is C26H25NO. The maximum atomic E-state index is 5.45. The van der Waals surface area contributed by atoms with Crippen molar-refractivity contribution in [2.45, 2.75) is 13.8 Å². The third-order valence-electron chi connectivity index (χ3n) is 4.45. The van der Waals surface area contributed by atoms with E-state index in [9.17, 15) is 0 Å². The van der Waals surface area contributed by atoms with E-state index in [1.54, 1.807) is 0 Å². The SMILES string of the molecule is C=COc1cc(/C=C/c2ccc(N/C(=C/C)c3ccccc3)cc2)ccc1C. The molecule has 0 aliphatic heterocycles. The first-order valence-electron chi connectivity index (χ1n) is 9.34. The highest BCUT2D eigenvalue weighted by Gasteiger charge is 2.01. The van der Waals surface area contributed by atoms with Gasteiger partial charge in [0.1, 0.15) is 5.75 Å². The highest BCUT2D eigenvalue weighted by molar-refractivity contribution is 5.77. The van der Waals surface area contributed by atoms with Gasteiger partial charge in [0.05, 0.1) is 6.26 Å². The average molecular weight is 367 g/mol. The molecule has 140 valence electrons. The topological polar surface area (TPSA) is 21.3 Å². The molecule has 0 fully saturated rings. The first kappa shape index (κ1) is 19.2. The molecule has 3 rings (SSSR count). The predicted octanol–water partition coefficient (Wildman–Crippen LogP) is 7.16. The van der Waals surface area contributed by atoms with Crippen molar-refractivity contribution in [1.29, 1.82) is 0 Å². The lowest BCUT2D eigenvalue weighted by atomic mass is 10.1. The highest BCUT2D eigenvalue weighted by Crippen LogP contribution is 2.22. The number of aryl methyl sites for hydroxylation is 1. The molecule has 0 saturated carbocycles. The highest BCUT2D eigenvalue weighted by atomic mass is 16.5. The molecule has 0 atom stereocenters. The van der Waals surface area contributed by atoms with E-state index >= 15 is 0 Å². The maximum Gasteiger partial charge on any atom is 0.129 e. The van der Waals surface area contributed by atoms with Crippen LogP contribution in [-0.4, -0.2) is 0 Å². The smallest absolute Gasteiger partial charge is 0.129 e. The van der Waals surface area contributed by atoms with Crippen LogP contribution in [0.15, 0.2) is 91.7 Å². The summed E-state index contributed by atoms with van der Waals surface area (Å²) >= 11 is 0. The lowest BCUT2D eigenvalue weighted by Gasteiger charge is -2.11. The van der Waals surface area contributed by atoms with Crippen molar-refractivity contribution in [1.82, 2.24) is 0 Å². The number of hydrogen-bond acceptors (Lipinski definition) is 2. The second kappa shape index (κ2) is 9.43. The van der Waals surface area contributed by atoms with Gasteiger partial charge in [0.15, 0.2) is 0 Å². The van der Waals surface area contributed by atoms with E-state index in [0.717, 1.165) is 33.8 Å². The summed E-state index contributed by atoms with van der Waals surface area (Å²) in [6.45, 7) is 7.68. The number of ether oxygens (including phenoxy) is 1. The van der Waals surface area contributed by atoms with Gasteiger partial charge in [-0.2, -0.15) is 0 Å². The van der Waals surface area contributed by atoms with Crippen molar-refractivity contribution in [3.8, 4) is 5.75 Å². The zero-order valence-electron chi connectivity index (χ0n) is 16.4. The summed E-state index contributed by atoms with van der Waals surface area (Å²) in [6.07, 6.45) is 7.72. The standard InChI is InChI=1S/C26H25NO/c1-4-25(23-9-7-6-8-10-23)27-24-17-15-21(16-18-24)13-14-22-12-11-20(3)26(19-22)28-5-2/h4-19,27H,2H2,1,3H3/b14-13+,25-4+. The first-order valence-corrected chi connectivity index (χ1v) is 9.34. The van der Waals surface area contributed by atoms with Crippen LogP contribution in [0.4, 0.5) is 5.69 Å². The minimum absolute atomic E-state index is 0.830. The zero-order valence-corrected chi connectivity index (χ0v) is 16.4. The fourth-order valence-electron chi connectivity index (χ4n) is 2.89. The molecule has 0 heterocycles. The Kier molecular flexibility index (Phi) is 6.48. The summed E-state index contributed by atoms with van der Waals surface area (Å²) < 4.78 is 5.45. The molecule has 0 bridgehead atoms. The van der Waals surface area contributed by atoms with Crippen LogP contribution in [0.3, 0.4) is 0 Å². The molecule has 28 heavy (non-hydrogen) atoms. The molecular weight excluding hydrogens is 342 g/mol. The largest absolute Gasteiger partial charge is 0.465 e. The fourth-order valence-corrected chi connectivity index (χ4v) is 2.89. The summed E-state index contributed by atoms with van der Waals surface area (Å²) in [6, 6.07) is 24.9. The molecule has 0 radical (unpaired) electrons. The van der Waals surface area contributed by atoms with E-state index in [1.807, 2.05) is 44.2 Å². The van der Waals surface area contributed by atoms with Crippen LogP contribution >= 0.6 is 0 Å². The van der Waals surface area contributed by atoms with Crippen molar-refractivity contribution < 1.29 is 4.74 Å². The van der Waals surface area contributed by atoms with E-state index in [-0.39, 0.29) is 0 Å². The van der Waals surface area contributed by atoms with Crippen molar-refractivity contribution in [2.75, 3.05) is 5.32 Å². The number of benzene rings is 3. The molecule has 1 N–H and O–H groups in total. The molecule has 2 heteroatoms. The average Bonchev–Trinajstić information content (AvgIpc) is 2.74. The van der Waals surface area contributed by atoms with Crippen LogP contribution in [0.5, 0.6) is 5.75 Å². The van der Waals surface area contributed by atoms with E-state index in [2.05, 4.69) is 72.6 Å². The number of allylic oxidation sites excluding steroid dienone is 1. The predicted molar refractivity (Wildman–Crippen MR) is 121 cm³/mol. The molecule has 0 saturated heterocycles. The van der Waals surface area contributed by atoms with E-state index in [4.69, 9.17) is 4.74 Å². The van der Waals surface area contributed by atoms with Gasteiger partial charge >= 0.3 is 0 Å². The zero-order chi connectivity index (χ0) is 19.8. The Morgan fingerprint density at radius 1 is 0.893 bits per heavy atom.